The number of rotatable bonds is 4. The number of nitrogens with zero attached hydrogens (tertiary/aromatic N) is 3. The van der Waals surface area contributed by atoms with Gasteiger partial charge in [0.05, 0.1) is 4.90 Å². The van der Waals surface area contributed by atoms with Crippen LogP contribution < -0.4 is 16.2 Å². The summed E-state index contributed by atoms with van der Waals surface area (Å²) in [4.78, 5) is 16.6. The van der Waals surface area contributed by atoms with Crippen molar-refractivity contribution in [1.29, 1.82) is 0 Å². The fourth-order valence-corrected chi connectivity index (χ4v) is 3.43. The van der Waals surface area contributed by atoms with Crippen LogP contribution in [0.2, 0.25) is 0 Å². The van der Waals surface area contributed by atoms with Crippen molar-refractivity contribution in [2.45, 2.75) is 37.0 Å². The maximum absolute atomic E-state index is 12.5. The van der Waals surface area contributed by atoms with Gasteiger partial charge >= 0.3 is 0 Å². The molecule has 9 nitrogen and oxygen atoms in total. The number of nitrogen functional groups attached to an aromatic ring is 1. The molecule has 2 aromatic rings. The van der Waals surface area contributed by atoms with E-state index >= 15 is 0 Å². The van der Waals surface area contributed by atoms with Gasteiger partial charge in [-0.1, -0.05) is 19.3 Å². The first-order chi connectivity index (χ1) is 11.8. The normalized spacial score (nSPS) is 15.9. The second-order valence-corrected chi connectivity index (χ2v) is 7.63. The van der Waals surface area contributed by atoms with E-state index in [2.05, 4.69) is 15.4 Å². The van der Waals surface area contributed by atoms with Gasteiger partial charge in [-0.3, -0.25) is 4.79 Å². The number of primary sulfonamides is 1. The minimum Gasteiger partial charge on any atom is -0.368 e. The molecule has 0 radical (unpaired) electrons. The van der Waals surface area contributed by atoms with Gasteiger partial charge in [0.2, 0.25) is 21.9 Å². The van der Waals surface area contributed by atoms with E-state index in [1.165, 1.54) is 24.3 Å². The van der Waals surface area contributed by atoms with E-state index in [-0.39, 0.29) is 28.6 Å². The van der Waals surface area contributed by atoms with Crippen molar-refractivity contribution in [2.24, 2.45) is 11.1 Å². The summed E-state index contributed by atoms with van der Waals surface area (Å²) in [6, 6.07) is 5.79. The molecule has 0 unspecified atom stereocenters. The number of hydrogen-bond acceptors (Lipinski definition) is 7. The molecule has 134 valence electrons. The third-order valence-electron chi connectivity index (χ3n) is 4.23. The van der Waals surface area contributed by atoms with E-state index in [9.17, 15) is 13.2 Å². The van der Waals surface area contributed by atoms with Crippen molar-refractivity contribution in [2.75, 3.05) is 11.1 Å². The number of benzene rings is 1. The van der Waals surface area contributed by atoms with Crippen LogP contribution in [0, 0.1) is 5.92 Å². The third-order valence-corrected chi connectivity index (χ3v) is 5.16. The molecule has 0 spiro atoms. The lowest BCUT2D eigenvalue weighted by molar-refractivity contribution is 0.0788. The first-order valence-corrected chi connectivity index (χ1v) is 9.56. The van der Waals surface area contributed by atoms with E-state index in [1.807, 2.05) is 0 Å². The first kappa shape index (κ1) is 17.4. The SMILES string of the molecule is Nc1nc(Nc2ccc(S(N)(=O)=O)cc2)nn1C(=O)C1CCCCC1. The highest BCUT2D eigenvalue weighted by molar-refractivity contribution is 7.89. The molecule has 0 amide bonds. The summed E-state index contributed by atoms with van der Waals surface area (Å²) in [6.07, 6.45) is 4.91. The Morgan fingerprint density at radius 3 is 2.40 bits per heavy atom. The van der Waals surface area contributed by atoms with Crippen LogP contribution in [-0.2, 0) is 10.0 Å². The Morgan fingerprint density at radius 1 is 1.16 bits per heavy atom. The summed E-state index contributed by atoms with van der Waals surface area (Å²) in [5, 5.41) is 12.1. The van der Waals surface area contributed by atoms with Gasteiger partial charge in [0, 0.05) is 11.6 Å². The second kappa shape index (κ2) is 6.81. The van der Waals surface area contributed by atoms with Gasteiger partial charge in [-0.2, -0.15) is 9.67 Å². The van der Waals surface area contributed by atoms with Crippen molar-refractivity contribution < 1.29 is 13.2 Å². The quantitative estimate of drug-likeness (QED) is 0.744. The van der Waals surface area contributed by atoms with Crippen LogP contribution in [0.15, 0.2) is 29.2 Å². The van der Waals surface area contributed by atoms with Crippen LogP contribution in [0.4, 0.5) is 17.6 Å². The Balaban J connectivity index is 1.75. The molecule has 5 N–H and O–H groups in total. The molecule has 3 rings (SSSR count). The lowest BCUT2D eigenvalue weighted by atomic mass is 9.89. The molecular weight excluding hydrogens is 344 g/mol. The van der Waals surface area contributed by atoms with Crippen molar-refractivity contribution >= 4 is 33.5 Å². The number of sulfonamides is 1. The van der Waals surface area contributed by atoms with Crippen LogP contribution >= 0.6 is 0 Å². The molecule has 1 aromatic heterocycles. The van der Waals surface area contributed by atoms with Crippen molar-refractivity contribution in [3.63, 3.8) is 0 Å². The molecular formula is C15H20N6O3S. The smallest absolute Gasteiger partial charge is 0.253 e. The van der Waals surface area contributed by atoms with E-state index in [1.54, 1.807) is 0 Å². The van der Waals surface area contributed by atoms with Gasteiger partial charge < -0.3 is 11.1 Å². The predicted octanol–water partition coefficient (Wildman–Crippen LogP) is 1.47. The highest BCUT2D eigenvalue weighted by atomic mass is 32.2. The Labute approximate surface area is 145 Å². The average Bonchev–Trinajstić information content (AvgIpc) is 2.95. The Hall–Kier alpha value is -2.46. The Morgan fingerprint density at radius 2 is 1.80 bits per heavy atom. The first-order valence-electron chi connectivity index (χ1n) is 8.01. The number of nitrogens with two attached hydrogens (primary N) is 2. The molecule has 0 aliphatic heterocycles. The van der Waals surface area contributed by atoms with Gasteiger partial charge in [-0.15, -0.1) is 5.10 Å². The lowest BCUT2D eigenvalue weighted by Crippen LogP contribution is -2.26. The number of carbonyl (C=O) groups excluding carboxylic acids is 1. The van der Waals surface area contributed by atoms with Crippen molar-refractivity contribution in [1.82, 2.24) is 14.8 Å². The van der Waals surface area contributed by atoms with Gasteiger partial charge in [0.25, 0.3) is 5.91 Å². The van der Waals surface area contributed by atoms with E-state index < -0.39 is 10.0 Å². The standard InChI is InChI=1S/C15H20N6O3S/c16-14-19-15(18-11-6-8-12(9-7-11)25(17,23)24)20-21(14)13(22)10-4-2-1-3-5-10/h6-10H,1-5H2,(H2,17,23,24)(H3,16,18,19,20). The van der Waals surface area contributed by atoms with Gasteiger partial charge in [-0.25, -0.2) is 13.6 Å². The highest BCUT2D eigenvalue weighted by Crippen LogP contribution is 2.26. The maximum atomic E-state index is 12.5. The molecule has 1 fully saturated rings. The molecule has 1 aliphatic carbocycles. The molecule has 25 heavy (non-hydrogen) atoms. The van der Waals surface area contributed by atoms with E-state index in [4.69, 9.17) is 10.9 Å². The zero-order valence-electron chi connectivity index (χ0n) is 13.6. The van der Waals surface area contributed by atoms with Crippen LogP contribution in [0.1, 0.15) is 36.9 Å². The maximum Gasteiger partial charge on any atom is 0.253 e. The predicted molar refractivity (Wildman–Crippen MR) is 92.7 cm³/mol. The Kier molecular flexibility index (Phi) is 4.73. The van der Waals surface area contributed by atoms with Gasteiger partial charge in [-0.05, 0) is 37.1 Å². The zero-order valence-corrected chi connectivity index (χ0v) is 14.4. The fraction of sp³-hybridized carbons (Fsp3) is 0.400. The summed E-state index contributed by atoms with van der Waals surface area (Å²) in [7, 11) is -3.75. The molecule has 10 heteroatoms. The van der Waals surface area contributed by atoms with E-state index in [0.29, 0.717) is 5.69 Å². The highest BCUT2D eigenvalue weighted by Gasteiger charge is 2.25. The largest absolute Gasteiger partial charge is 0.368 e. The molecule has 0 atom stereocenters. The Bertz CT molecular complexity index is 869. The molecule has 0 saturated heterocycles. The lowest BCUT2D eigenvalue weighted by Gasteiger charge is -2.19. The number of aromatic nitrogens is 3. The summed E-state index contributed by atoms with van der Waals surface area (Å²) in [5.74, 6) is -0.00814. The third kappa shape index (κ3) is 3.97. The number of nitrogens with one attached hydrogen (secondary N) is 1. The van der Waals surface area contributed by atoms with Crippen molar-refractivity contribution in [3.8, 4) is 0 Å². The monoisotopic (exact) mass is 364 g/mol. The molecule has 0 bridgehead atoms. The molecule has 1 heterocycles. The minimum atomic E-state index is -3.75. The van der Waals surface area contributed by atoms with Crippen LogP contribution in [0.3, 0.4) is 0 Å². The number of hydrogen-bond donors (Lipinski definition) is 3. The minimum absolute atomic E-state index is 0.00327. The molecule has 1 saturated carbocycles. The summed E-state index contributed by atoms with van der Waals surface area (Å²) in [5.41, 5.74) is 6.37. The molecule has 1 aromatic carbocycles. The van der Waals surface area contributed by atoms with Crippen LogP contribution in [-0.4, -0.2) is 29.1 Å². The summed E-state index contributed by atoms with van der Waals surface area (Å²) >= 11 is 0. The van der Waals surface area contributed by atoms with Crippen LogP contribution in [0.5, 0.6) is 0 Å². The summed E-state index contributed by atoms with van der Waals surface area (Å²) in [6.45, 7) is 0. The zero-order chi connectivity index (χ0) is 18.0. The average molecular weight is 364 g/mol. The number of carbonyl (C=O) groups is 1. The second-order valence-electron chi connectivity index (χ2n) is 6.07. The summed E-state index contributed by atoms with van der Waals surface area (Å²) < 4.78 is 23.6. The van der Waals surface area contributed by atoms with Gasteiger partial charge in [0.15, 0.2) is 0 Å². The number of anilines is 3. The van der Waals surface area contributed by atoms with E-state index in [0.717, 1.165) is 36.8 Å². The van der Waals surface area contributed by atoms with Gasteiger partial charge in [0.1, 0.15) is 0 Å². The fourth-order valence-electron chi connectivity index (χ4n) is 2.92. The topological polar surface area (TPSA) is 146 Å². The molecule has 1 aliphatic rings. The van der Waals surface area contributed by atoms with Crippen LogP contribution in [0.25, 0.3) is 0 Å². The van der Waals surface area contributed by atoms with Crippen molar-refractivity contribution in [3.05, 3.63) is 24.3 Å².